The average Bonchev–Trinajstić information content (AvgIpc) is 3.26. The Labute approximate surface area is 176 Å². The van der Waals surface area contributed by atoms with Crippen molar-refractivity contribution in [2.24, 2.45) is 0 Å². The van der Waals surface area contributed by atoms with Crippen LogP contribution in [0.25, 0.3) is 0 Å². The lowest BCUT2D eigenvalue weighted by Gasteiger charge is -2.22. The molecule has 1 N–H and O–H groups in total. The highest BCUT2D eigenvalue weighted by Gasteiger charge is 2.18. The Morgan fingerprint density at radius 2 is 1.69 bits per heavy atom. The maximum absolute atomic E-state index is 12.6. The summed E-state index contributed by atoms with van der Waals surface area (Å²) in [4.78, 5) is 14.9. The normalized spacial score (nSPS) is 13.3. The number of carbonyl (C=O) groups is 1. The largest absolute Gasteiger partial charge is 0.493 e. The van der Waals surface area contributed by atoms with Gasteiger partial charge in [0.2, 0.25) is 11.7 Å². The predicted octanol–water partition coefficient (Wildman–Crippen LogP) is 4.54. The van der Waals surface area contributed by atoms with Crippen LogP contribution in [-0.4, -0.2) is 40.3 Å². The highest BCUT2D eigenvalue weighted by Crippen LogP contribution is 2.38. The van der Waals surface area contributed by atoms with Crippen molar-refractivity contribution >= 4 is 28.9 Å². The molecule has 0 saturated carbocycles. The molecule has 0 radical (unpaired) electrons. The molecule has 2 aromatic rings. The van der Waals surface area contributed by atoms with Gasteiger partial charge in [-0.25, -0.2) is 0 Å². The molecule has 1 heterocycles. The summed E-state index contributed by atoms with van der Waals surface area (Å²) in [7, 11) is 4.72. The van der Waals surface area contributed by atoms with Gasteiger partial charge in [-0.2, -0.15) is 0 Å². The Bertz CT molecular complexity index is 841. The predicted molar refractivity (Wildman–Crippen MR) is 116 cm³/mol. The summed E-state index contributed by atoms with van der Waals surface area (Å²) >= 11 is 6.17. The molecule has 29 heavy (non-hydrogen) atoms. The van der Waals surface area contributed by atoms with E-state index in [0.29, 0.717) is 35.1 Å². The number of halogens is 1. The number of aryl methyl sites for hydroxylation is 1. The second-order valence-electron chi connectivity index (χ2n) is 6.94. The number of methoxy groups -OCH3 is 3. The van der Waals surface area contributed by atoms with Crippen LogP contribution in [0.4, 0.5) is 11.4 Å². The van der Waals surface area contributed by atoms with Crippen LogP contribution in [0.3, 0.4) is 0 Å². The van der Waals surface area contributed by atoms with Gasteiger partial charge in [0.1, 0.15) is 0 Å². The summed E-state index contributed by atoms with van der Waals surface area (Å²) in [6.07, 6.45) is 3.20. The van der Waals surface area contributed by atoms with E-state index in [1.165, 1.54) is 0 Å². The molecule has 2 aromatic carbocycles. The fraction of sp³-hybridized carbons (Fsp3) is 0.409. The van der Waals surface area contributed by atoms with Gasteiger partial charge in [0.25, 0.3) is 0 Å². The molecule has 0 unspecified atom stereocenters. The Hall–Kier alpha value is -2.60. The zero-order valence-corrected chi connectivity index (χ0v) is 17.8. The van der Waals surface area contributed by atoms with Gasteiger partial charge in [0, 0.05) is 24.5 Å². The van der Waals surface area contributed by atoms with Crippen molar-refractivity contribution in [1.82, 2.24) is 0 Å². The van der Waals surface area contributed by atoms with Crippen molar-refractivity contribution in [3.63, 3.8) is 0 Å². The second-order valence-corrected chi connectivity index (χ2v) is 7.37. The number of hydrogen-bond donors (Lipinski definition) is 1. The zero-order valence-electron chi connectivity index (χ0n) is 17.1. The molecule has 1 fully saturated rings. The SMILES string of the molecule is COc1cc(CCC(=O)Nc2cc(Cl)ccc2N2CCCC2)cc(OC)c1OC. The maximum Gasteiger partial charge on any atom is 0.224 e. The van der Waals surface area contributed by atoms with E-state index in [2.05, 4.69) is 10.2 Å². The molecule has 0 bridgehead atoms. The molecule has 0 aliphatic carbocycles. The van der Waals surface area contributed by atoms with Crippen molar-refractivity contribution in [3.8, 4) is 17.2 Å². The smallest absolute Gasteiger partial charge is 0.224 e. The molecular formula is C22H27ClN2O4. The van der Waals surface area contributed by atoms with Crippen LogP contribution >= 0.6 is 11.6 Å². The lowest BCUT2D eigenvalue weighted by atomic mass is 10.1. The van der Waals surface area contributed by atoms with E-state index < -0.39 is 0 Å². The highest BCUT2D eigenvalue weighted by molar-refractivity contribution is 6.31. The van der Waals surface area contributed by atoms with Crippen molar-refractivity contribution in [2.75, 3.05) is 44.6 Å². The Balaban J connectivity index is 1.70. The summed E-state index contributed by atoms with van der Waals surface area (Å²) in [5.74, 6) is 1.63. The third-order valence-corrected chi connectivity index (χ3v) is 5.28. The Morgan fingerprint density at radius 1 is 1.03 bits per heavy atom. The number of amides is 1. The van der Waals surface area contributed by atoms with Gasteiger partial charge in [-0.15, -0.1) is 0 Å². The molecule has 1 aliphatic heterocycles. The highest BCUT2D eigenvalue weighted by atomic mass is 35.5. The first-order chi connectivity index (χ1) is 14.0. The maximum atomic E-state index is 12.6. The van der Waals surface area contributed by atoms with E-state index in [1.807, 2.05) is 30.3 Å². The Kier molecular flexibility index (Phi) is 7.09. The summed E-state index contributed by atoms with van der Waals surface area (Å²) in [5, 5.41) is 3.63. The molecule has 7 heteroatoms. The van der Waals surface area contributed by atoms with Gasteiger partial charge in [-0.05, 0) is 55.2 Å². The van der Waals surface area contributed by atoms with Gasteiger partial charge in [0.15, 0.2) is 11.5 Å². The molecule has 0 spiro atoms. The average molecular weight is 419 g/mol. The molecular weight excluding hydrogens is 392 g/mol. The van der Waals surface area contributed by atoms with Gasteiger partial charge in [-0.1, -0.05) is 11.6 Å². The van der Waals surface area contributed by atoms with Crippen molar-refractivity contribution < 1.29 is 19.0 Å². The fourth-order valence-corrected chi connectivity index (χ4v) is 3.76. The minimum absolute atomic E-state index is 0.0681. The number of nitrogens with one attached hydrogen (secondary N) is 1. The lowest BCUT2D eigenvalue weighted by Crippen LogP contribution is -2.21. The standard InChI is InChI=1S/C22H27ClN2O4/c1-27-19-12-15(13-20(28-2)22(19)29-3)6-9-21(26)24-17-14-16(23)7-8-18(17)25-10-4-5-11-25/h7-8,12-14H,4-6,9-11H2,1-3H3,(H,24,26). The first kappa shape index (κ1) is 21.1. The summed E-state index contributed by atoms with van der Waals surface area (Å²) < 4.78 is 16.1. The fourth-order valence-electron chi connectivity index (χ4n) is 3.59. The molecule has 3 rings (SSSR count). The third-order valence-electron chi connectivity index (χ3n) is 5.04. The first-order valence-corrected chi connectivity index (χ1v) is 10.1. The molecule has 1 saturated heterocycles. The van der Waals surface area contributed by atoms with Crippen molar-refractivity contribution in [2.45, 2.75) is 25.7 Å². The van der Waals surface area contributed by atoms with Crippen LogP contribution in [0.1, 0.15) is 24.8 Å². The number of benzene rings is 2. The van der Waals surface area contributed by atoms with Crippen LogP contribution < -0.4 is 24.4 Å². The first-order valence-electron chi connectivity index (χ1n) is 9.69. The Morgan fingerprint density at radius 3 is 2.28 bits per heavy atom. The molecule has 6 nitrogen and oxygen atoms in total. The number of anilines is 2. The van der Waals surface area contributed by atoms with Crippen LogP contribution in [0, 0.1) is 0 Å². The van der Waals surface area contributed by atoms with Gasteiger partial charge >= 0.3 is 0 Å². The number of hydrogen-bond acceptors (Lipinski definition) is 5. The van der Waals surface area contributed by atoms with Gasteiger partial charge in [-0.3, -0.25) is 4.79 Å². The number of nitrogens with zero attached hydrogens (tertiary/aromatic N) is 1. The third kappa shape index (κ3) is 5.07. The summed E-state index contributed by atoms with van der Waals surface area (Å²) in [5.41, 5.74) is 2.71. The topological polar surface area (TPSA) is 60.0 Å². The van der Waals surface area contributed by atoms with E-state index in [-0.39, 0.29) is 5.91 Å². The van der Waals surface area contributed by atoms with Crippen LogP contribution in [0.15, 0.2) is 30.3 Å². The van der Waals surface area contributed by atoms with E-state index in [1.54, 1.807) is 21.3 Å². The van der Waals surface area contributed by atoms with Gasteiger partial charge < -0.3 is 24.4 Å². The van der Waals surface area contributed by atoms with E-state index in [0.717, 1.165) is 42.9 Å². The number of rotatable bonds is 8. The van der Waals surface area contributed by atoms with Gasteiger partial charge in [0.05, 0.1) is 32.7 Å². The second kappa shape index (κ2) is 9.74. The van der Waals surface area contributed by atoms with E-state index in [4.69, 9.17) is 25.8 Å². The van der Waals surface area contributed by atoms with Crippen LogP contribution in [0.5, 0.6) is 17.2 Å². The number of carbonyl (C=O) groups excluding carboxylic acids is 1. The number of ether oxygens (including phenoxy) is 3. The monoisotopic (exact) mass is 418 g/mol. The molecule has 156 valence electrons. The van der Waals surface area contributed by atoms with Crippen molar-refractivity contribution in [1.29, 1.82) is 0 Å². The van der Waals surface area contributed by atoms with E-state index in [9.17, 15) is 4.79 Å². The van der Waals surface area contributed by atoms with Crippen LogP contribution in [0.2, 0.25) is 5.02 Å². The van der Waals surface area contributed by atoms with E-state index >= 15 is 0 Å². The summed E-state index contributed by atoms with van der Waals surface area (Å²) in [6, 6.07) is 9.38. The zero-order chi connectivity index (χ0) is 20.8. The van der Waals surface area contributed by atoms with Crippen LogP contribution in [-0.2, 0) is 11.2 Å². The minimum atomic E-state index is -0.0681. The molecule has 1 amide bonds. The summed E-state index contributed by atoms with van der Waals surface area (Å²) in [6.45, 7) is 1.99. The molecule has 1 aliphatic rings. The molecule has 0 aromatic heterocycles. The molecule has 0 atom stereocenters. The quantitative estimate of drug-likeness (QED) is 0.682. The minimum Gasteiger partial charge on any atom is -0.493 e. The van der Waals surface area contributed by atoms with Crippen molar-refractivity contribution in [3.05, 3.63) is 40.9 Å². The lowest BCUT2D eigenvalue weighted by molar-refractivity contribution is -0.116.